The highest BCUT2D eigenvalue weighted by molar-refractivity contribution is 5.22. The van der Waals surface area contributed by atoms with Crippen LogP contribution < -0.4 is 0 Å². The van der Waals surface area contributed by atoms with E-state index in [0.29, 0.717) is 5.41 Å². The van der Waals surface area contributed by atoms with Crippen molar-refractivity contribution in [1.29, 1.82) is 0 Å². The normalized spacial score (nSPS) is 17.6. The monoisotopic (exact) mass is 259 g/mol. The Kier molecular flexibility index (Phi) is 5.04. The molecule has 1 aliphatic heterocycles. The van der Waals surface area contributed by atoms with Gasteiger partial charge in [-0.1, -0.05) is 51.5 Å². The summed E-state index contributed by atoms with van der Waals surface area (Å²) in [5.74, 6) is 0. The van der Waals surface area contributed by atoms with E-state index in [0.717, 1.165) is 6.54 Å². The molecule has 1 saturated heterocycles. The van der Waals surface area contributed by atoms with Crippen LogP contribution in [0, 0.1) is 5.41 Å². The highest BCUT2D eigenvalue weighted by atomic mass is 15.1. The number of likely N-dealkylation sites (tertiary alicyclic amines) is 1. The van der Waals surface area contributed by atoms with Gasteiger partial charge in [0.2, 0.25) is 0 Å². The average molecular weight is 259 g/mol. The minimum atomic E-state index is 0.437. The number of rotatable bonds is 4. The molecule has 0 amide bonds. The summed E-state index contributed by atoms with van der Waals surface area (Å²) in [5, 5.41) is 0. The van der Waals surface area contributed by atoms with E-state index in [2.05, 4.69) is 49.9 Å². The molecular formula is C18H29N. The molecule has 0 atom stereocenters. The summed E-state index contributed by atoms with van der Waals surface area (Å²) in [4.78, 5) is 2.59. The van der Waals surface area contributed by atoms with Crippen molar-refractivity contribution in [2.24, 2.45) is 5.41 Å². The second-order valence-corrected chi connectivity index (χ2v) is 7.21. The van der Waals surface area contributed by atoms with Gasteiger partial charge in [0, 0.05) is 6.54 Å². The average Bonchev–Trinajstić information content (AvgIpc) is 2.38. The molecule has 1 heteroatoms. The highest BCUT2D eigenvalue weighted by Crippen LogP contribution is 2.22. The van der Waals surface area contributed by atoms with Crippen molar-refractivity contribution in [1.82, 2.24) is 4.90 Å². The molecule has 0 aromatic heterocycles. The summed E-state index contributed by atoms with van der Waals surface area (Å²) in [7, 11) is 0. The maximum absolute atomic E-state index is 2.59. The first-order chi connectivity index (χ1) is 9.03. The first-order valence-corrected chi connectivity index (χ1v) is 7.83. The second kappa shape index (κ2) is 6.56. The lowest BCUT2D eigenvalue weighted by molar-refractivity contribution is 0.221. The molecule has 1 fully saturated rings. The Morgan fingerprint density at radius 3 is 2.05 bits per heavy atom. The van der Waals surface area contributed by atoms with Crippen LogP contribution in [-0.4, -0.2) is 18.0 Å². The minimum Gasteiger partial charge on any atom is -0.299 e. The van der Waals surface area contributed by atoms with Crippen LogP contribution in [-0.2, 0) is 13.0 Å². The van der Waals surface area contributed by atoms with Crippen LogP contribution >= 0.6 is 0 Å². The van der Waals surface area contributed by atoms with E-state index in [-0.39, 0.29) is 0 Å². The number of benzene rings is 1. The van der Waals surface area contributed by atoms with Gasteiger partial charge < -0.3 is 0 Å². The number of hydrogen-bond donors (Lipinski definition) is 0. The summed E-state index contributed by atoms with van der Waals surface area (Å²) in [6.45, 7) is 10.7. The summed E-state index contributed by atoms with van der Waals surface area (Å²) in [6.07, 6.45) is 6.64. The van der Waals surface area contributed by atoms with Crippen LogP contribution in [0.25, 0.3) is 0 Å². The van der Waals surface area contributed by atoms with Gasteiger partial charge in [-0.2, -0.15) is 0 Å². The van der Waals surface area contributed by atoms with E-state index >= 15 is 0 Å². The lowest BCUT2D eigenvalue weighted by Gasteiger charge is -2.26. The van der Waals surface area contributed by atoms with Crippen molar-refractivity contribution >= 4 is 0 Å². The fourth-order valence-corrected chi connectivity index (χ4v) is 2.71. The van der Waals surface area contributed by atoms with E-state index in [1.807, 2.05) is 0 Å². The van der Waals surface area contributed by atoms with Crippen molar-refractivity contribution in [3.63, 3.8) is 0 Å². The number of hydrogen-bond acceptors (Lipinski definition) is 1. The number of piperidine rings is 1. The Morgan fingerprint density at radius 1 is 0.895 bits per heavy atom. The zero-order valence-corrected chi connectivity index (χ0v) is 12.9. The lowest BCUT2D eigenvalue weighted by atomic mass is 9.88. The van der Waals surface area contributed by atoms with Gasteiger partial charge in [-0.3, -0.25) is 4.90 Å². The quantitative estimate of drug-likeness (QED) is 0.760. The first-order valence-electron chi connectivity index (χ1n) is 7.83. The lowest BCUT2D eigenvalue weighted by Crippen LogP contribution is -2.29. The van der Waals surface area contributed by atoms with Crippen LogP contribution in [0.15, 0.2) is 24.3 Å². The Balaban J connectivity index is 1.83. The molecule has 1 nitrogen and oxygen atoms in total. The smallest absolute Gasteiger partial charge is 0.0233 e. The van der Waals surface area contributed by atoms with Crippen LogP contribution in [0.5, 0.6) is 0 Å². The molecule has 0 spiro atoms. The van der Waals surface area contributed by atoms with Gasteiger partial charge in [0.15, 0.2) is 0 Å². The third-order valence-electron chi connectivity index (χ3n) is 4.04. The van der Waals surface area contributed by atoms with E-state index < -0.39 is 0 Å². The van der Waals surface area contributed by atoms with Gasteiger partial charge in [-0.15, -0.1) is 0 Å². The molecule has 0 bridgehead atoms. The van der Waals surface area contributed by atoms with Crippen molar-refractivity contribution in [2.75, 3.05) is 13.1 Å². The van der Waals surface area contributed by atoms with Gasteiger partial charge in [-0.25, -0.2) is 0 Å². The predicted octanol–water partition coefficient (Wildman–Crippen LogP) is 4.65. The Bertz CT molecular complexity index is 366. The summed E-state index contributed by atoms with van der Waals surface area (Å²) in [6, 6.07) is 9.30. The maximum Gasteiger partial charge on any atom is 0.0233 e. The minimum absolute atomic E-state index is 0.437. The van der Waals surface area contributed by atoms with E-state index in [1.54, 1.807) is 0 Å². The van der Waals surface area contributed by atoms with Crippen molar-refractivity contribution < 1.29 is 0 Å². The topological polar surface area (TPSA) is 3.24 Å². The molecule has 1 aliphatic rings. The molecule has 19 heavy (non-hydrogen) atoms. The third kappa shape index (κ3) is 5.36. The summed E-state index contributed by atoms with van der Waals surface area (Å²) < 4.78 is 0. The molecule has 1 aromatic rings. The van der Waals surface area contributed by atoms with E-state index in [9.17, 15) is 0 Å². The Morgan fingerprint density at radius 2 is 1.47 bits per heavy atom. The molecule has 1 aromatic carbocycles. The van der Waals surface area contributed by atoms with Gasteiger partial charge in [0.25, 0.3) is 0 Å². The standard InChI is InChI=1S/C18H29N/c1-18(2,3)12-11-16-7-9-17(10-8-16)15-19-13-5-4-6-14-19/h7-10H,4-6,11-15H2,1-3H3. The Hall–Kier alpha value is -0.820. The SMILES string of the molecule is CC(C)(C)CCc1ccc(CN2CCCCC2)cc1. The maximum atomic E-state index is 2.59. The van der Waals surface area contributed by atoms with Gasteiger partial charge in [0.1, 0.15) is 0 Å². The number of nitrogens with zero attached hydrogens (tertiary/aromatic N) is 1. The molecule has 1 heterocycles. The molecule has 0 radical (unpaired) electrons. The summed E-state index contributed by atoms with van der Waals surface area (Å²) >= 11 is 0. The van der Waals surface area contributed by atoms with Crippen LogP contribution in [0.3, 0.4) is 0 Å². The van der Waals surface area contributed by atoms with E-state index in [4.69, 9.17) is 0 Å². The van der Waals surface area contributed by atoms with Crippen LogP contribution in [0.1, 0.15) is 57.6 Å². The fraction of sp³-hybridized carbons (Fsp3) is 0.667. The third-order valence-corrected chi connectivity index (χ3v) is 4.04. The zero-order chi connectivity index (χ0) is 13.7. The van der Waals surface area contributed by atoms with Crippen molar-refractivity contribution in [2.45, 2.75) is 59.4 Å². The van der Waals surface area contributed by atoms with E-state index in [1.165, 1.54) is 56.3 Å². The van der Waals surface area contributed by atoms with Gasteiger partial charge in [0.05, 0.1) is 0 Å². The molecule has 2 rings (SSSR count). The Labute approximate surface area is 119 Å². The molecule has 0 unspecified atom stereocenters. The predicted molar refractivity (Wildman–Crippen MR) is 83.3 cm³/mol. The van der Waals surface area contributed by atoms with Crippen LogP contribution in [0.4, 0.5) is 0 Å². The summed E-state index contributed by atoms with van der Waals surface area (Å²) in [5.41, 5.74) is 3.39. The molecule has 0 saturated carbocycles. The van der Waals surface area contributed by atoms with Crippen molar-refractivity contribution in [3.8, 4) is 0 Å². The van der Waals surface area contributed by atoms with Crippen LogP contribution in [0.2, 0.25) is 0 Å². The molecule has 0 aliphatic carbocycles. The highest BCUT2D eigenvalue weighted by Gasteiger charge is 2.11. The first kappa shape index (κ1) is 14.6. The van der Waals surface area contributed by atoms with Gasteiger partial charge >= 0.3 is 0 Å². The number of aryl methyl sites for hydroxylation is 1. The molecule has 106 valence electrons. The van der Waals surface area contributed by atoms with Crippen molar-refractivity contribution in [3.05, 3.63) is 35.4 Å². The fourth-order valence-electron chi connectivity index (χ4n) is 2.71. The van der Waals surface area contributed by atoms with Gasteiger partial charge in [-0.05, 0) is 55.3 Å². The molecular weight excluding hydrogens is 230 g/mol. The largest absolute Gasteiger partial charge is 0.299 e. The second-order valence-electron chi connectivity index (χ2n) is 7.21. The zero-order valence-electron chi connectivity index (χ0n) is 12.9. The molecule has 0 N–H and O–H groups in total.